The van der Waals surface area contributed by atoms with Crippen LogP contribution in [0.2, 0.25) is 0 Å². The topological polar surface area (TPSA) is 87.1 Å². The number of hydrogen-bond donors (Lipinski definition) is 0. The molecule has 4 rings (SSSR count). The van der Waals surface area contributed by atoms with Crippen LogP contribution in [0.3, 0.4) is 0 Å². The second-order valence-electron chi connectivity index (χ2n) is 6.22. The van der Waals surface area contributed by atoms with Crippen molar-refractivity contribution in [1.82, 2.24) is 20.3 Å². The lowest BCUT2D eigenvalue weighted by molar-refractivity contribution is 0.374. The fraction of sp³-hybridized carbons (Fsp3) is 0.200. The molecule has 2 aromatic carbocycles. The van der Waals surface area contributed by atoms with E-state index in [0.717, 1.165) is 16.9 Å². The Hall–Kier alpha value is -3.48. The Morgan fingerprint density at radius 1 is 0.926 bits per heavy atom. The zero-order chi connectivity index (χ0) is 18.8. The van der Waals surface area contributed by atoms with Crippen molar-refractivity contribution in [1.29, 1.82) is 0 Å². The molecule has 2 aromatic heterocycles. The number of hydrogen-bond acceptors (Lipinski definition) is 7. The summed E-state index contributed by atoms with van der Waals surface area (Å²) in [6.07, 6.45) is 0.273. The summed E-state index contributed by atoms with van der Waals surface area (Å²) in [4.78, 5) is 4.43. The first-order valence-corrected chi connectivity index (χ1v) is 8.49. The predicted octanol–water partition coefficient (Wildman–Crippen LogP) is 4.00. The molecule has 0 unspecified atom stereocenters. The average Bonchev–Trinajstić information content (AvgIpc) is 3.34. The molecule has 0 fully saturated rings. The lowest BCUT2D eigenvalue weighted by Gasteiger charge is -2.00. The van der Waals surface area contributed by atoms with Gasteiger partial charge in [-0.2, -0.15) is 4.98 Å². The maximum atomic E-state index is 5.72. The summed E-state index contributed by atoms with van der Waals surface area (Å²) in [5.74, 6) is 2.51. The molecule has 0 atom stereocenters. The van der Waals surface area contributed by atoms with E-state index in [-0.39, 0.29) is 6.42 Å². The van der Waals surface area contributed by atoms with Crippen molar-refractivity contribution in [3.8, 4) is 28.6 Å². The minimum absolute atomic E-state index is 0.273. The lowest BCUT2D eigenvalue weighted by Crippen LogP contribution is -1.89. The van der Waals surface area contributed by atoms with Gasteiger partial charge in [0, 0.05) is 11.1 Å². The second-order valence-corrected chi connectivity index (χ2v) is 6.22. The summed E-state index contributed by atoms with van der Waals surface area (Å²) in [5.41, 5.74) is 4.10. The van der Waals surface area contributed by atoms with Crippen LogP contribution in [0.4, 0.5) is 0 Å². The fourth-order valence-corrected chi connectivity index (χ4v) is 2.65. The van der Waals surface area contributed by atoms with E-state index in [4.69, 9.17) is 13.7 Å². The average molecular weight is 362 g/mol. The Labute approximate surface area is 156 Å². The number of nitrogens with zero attached hydrogens (tertiary/aromatic N) is 4. The maximum Gasteiger partial charge on any atom is 0.247 e. The molecule has 0 N–H and O–H groups in total. The van der Waals surface area contributed by atoms with Gasteiger partial charge in [-0.05, 0) is 49.2 Å². The largest absolute Gasteiger partial charge is 0.497 e. The molecule has 0 aliphatic heterocycles. The summed E-state index contributed by atoms with van der Waals surface area (Å²) in [5, 5.41) is 12.2. The minimum atomic E-state index is 0.273. The van der Waals surface area contributed by atoms with Gasteiger partial charge in [0.2, 0.25) is 23.5 Å². The highest BCUT2D eigenvalue weighted by atomic mass is 16.5. The quantitative estimate of drug-likeness (QED) is 0.530. The summed E-state index contributed by atoms with van der Waals surface area (Å²) in [6.45, 7) is 4.12. The van der Waals surface area contributed by atoms with Gasteiger partial charge in [-0.1, -0.05) is 23.4 Å². The molecule has 0 aliphatic carbocycles. The maximum absolute atomic E-state index is 5.72. The first kappa shape index (κ1) is 17.0. The van der Waals surface area contributed by atoms with Crippen LogP contribution in [-0.4, -0.2) is 27.4 Å². The number of rotatable bonds is 5. The van der Waals surface area contributed by atoms with Crippen LogP contribution >= 0.6 is 0 Å². The highest BCUT2D eigenvalue weighted by Gasteiger charge is 2.15. The van der Waals surface area contributed by atoms with Crippen molar-refractivity contribution >= 4 is 0 Å². The van der Waals surface area contributed by atoms with Crippen LogP contribution in [0.5, 0.6) is 5.75 Å². The van der Waals surface area contributed by atoms with Gasteiger partial charge in [0.25, 0.3) is 0 Å². The Morgan fingerprint density at radius 2 is 1.81 bits per heavy atom. The molecule has 0 radical (unpaired) electrons. The molecule has 0 saturated carbocycles. The van der Waals surface area contributed by atoms with Crippen LogP contribution in [0, 0.1) is 13.8 Å². The Balaban J connectivity index is 1.52. The lowest BCUT2D eigenvalue weighted by atomic mass is 10.1. The molecule has 0 amide bonds. The summed E-state index contributed by atoms with van der Waals surface area (Å²) < 4.78 is 16.3. The molecular weight excluding hydrogens is 344 g/mol. The van der Waals surface area contributed by atoms with Gasteiger partial charge in [0.15, 0.2) is 0 Å². The van der Waals surface area contributed by atoms with Crippen molar-refractivity contribution in [2.75, 3.05) is 7.11 Å². The van der Waals surface area contributed by atoms with E-state index in [1.807, 2.05) is 42.5 Å². The van der Waals surface area contributed by atoms with Gasteiger partial charge in [-0.15, -0.1) is 10.2 Å². The highest BCUT2D eigenvalue weighted by Crippen LogP contribution is 2.24. The molecule has 0 saturated heterocycles. The first-order chi connectivity index (χ1) is 13.1. The third kappa shape index (κ3) is 3.57. The van der Waals surface area contributed by atoms with Crippen LogP contribution in [-0.2, 0) is 6.42 Å². The predicted molar refractivity (Wildman–Crippen MR) is 98.3 cm³/mol. The fourth-order valence-electron chi connectivity index (χ4n) is 2.65. The molecule has 2 heterocycles. The Morgan fingerprint density at radius 3 is 2.63 bits per heavy atom. The van der Waals surface area contributed by atoms with Crippen molar-refractivity contribution in [3.63, 3.8) is 0 Å². The normalized spacial score (nSPS) is 10.9. The summed E-state index contributed by atoms with van der Waals surface area (Å²) in [7, 11) is 1.61. The highest BCUT2D eigenvalue weighted by molar-refractivity contribution is 5.57. The van der Waals surface area contributed by atoms with Crippen molar-refractivity contribution < 1.29 is 13.7 Å². The standard InChI is InChI=1S/C20H18N4O3/c1-12-7-8-14(9-13(12)2)19-21-17(27-24-19)11-18-22-23-20(26-18)15-5-4-6-16(10-15)25-3/h4-10H,11H2,1-3H3. The third-order valence-corrected chi connectivity index (χ3v) is 4.32. The van der Waals surface area contributed by atoms with Gasteiger partial charge in [-0.25, -0.2) is 0 Å². The van der Waals surface area contributed by atoms with Gasteiger partial charge < -0.3 is 13.7 Å². The van der Waals surface area contributed by atoms with E-state index in [1.54, 1.807) is 7.11 Å². The molecule has 0 spiro atoms. The number of aryl methyl sites for hydroxylation is 2. The van der Waals surface area contributed by atoms with Crippen LogP contribution in [0.15, 0.2) is 51.4 Å². The Kier molecular flexibility index (Phi) is 4.42. The molecule has 7 heteroatoms. The minimum Gasteiger partial charge on any atom is -0.497 e. The number of aromatic nitrogens is 4. The number of ether oxygens (including phenoxy) is 1. The molecule has 0 bridgehead atoms. The van der Waals surface area contributed by atoms with Gasteiger partial charge in [0.05, 0.1) is 7.11 Å². The van der Waals surface area contributed by atoms with Gasteiger partial charge in [0.1, 0.15) is 12.2 Å². The zero-order valence-corrected chi connectivity index (χ0v) is 15.3. The van der Waals surface area contributed by atoms with E-state index >= 15 is 0 Å². The third-order valence-electron chi connectivity index (χ3n) is 4.32. The van der Waals surface area contributed by atoms with Crippen molar-refractivity contribution in [2.45, 2.75) is 20.3 Å². The van der Waals surface area contributed by atoms with E-state index in [1.165, 1.54) is 11.1 Å². The zero-order valence-electron chi connectivity index (χ0n) is 15.3. The summed E-state index contributed by atoms with van der Waals surface area (Å²) >= 11 is 0. The molecule has 7 nitrogen and oxygen atoms in total. The van der Waals surface area contributed by atoms with E-state index in [2.05, 4.69) is 34.2 Å². The van der Waals surface area contributed by atoms with E-state index in [9.17, 15) is 0 Å². The van der Waals surface area contributed by atoms with Crippen LogP contribution in [0.25, 0.3) is 22.8 Å². The molecule has 4 aromatic rings. The second kappa shape index (κ2) is 7.03. The number of methoxy groups -OCH3 is 1. The van der Waals surface area contributed by atoms with Crippen LogP contribution in [0.1, 0.15) is 22.9 Å². The van der Waals surface area contributed by atoms with E-state index < -0.39 is 0 Å². The monoisotopic (exact) mass is 362 g/mol. The summed E-state index contributed by atoms with van der Waals surface area (Å²) in [6, 6.07) is 13.5. The number of benzene rings is 2. The van der Waals surface area contributed by atoms with Gasteiger partial charge in [-0.3, -0.25) is 0 Å². The molecule has 0 aliphatic rings. The van der Waals surface area contributed by atoms with Crippen LogP contribution < -0.4 is 4.74 Å². The van der Waals surface area contributed by atoms with Gasteiger partial charge >= 0.3 is 0 Å². The van der Waals surface area contributed by atoms with Crippen molar-refractivity contribution in [2.24, 2.45) is 0 Å². The first-order valence-electron chi connectivity index (χ1n) is 8.49. The Bertz CT molecular complexity index is 1080. The van der Waals surface area contributed by atoms with E-state index in [0.29, 0.717) is 23.5 Å². The smallest absolute Gasteiger partial charge is 0.247 e. The molecule has 136 valence electrons. The molecular formula is C20H18N4O3. The van der Waals surface area contributed by atoms with Crippen molar-refractivity contribution in [3.05, 3.63) is 65.4 Å². The molecule has 27 heavy (non-hydrogen) atoms. The SMILES string of the molecule is COc1cccc(-c2nnc(Cc3nc(-c4ccc(C)c(C)c4)no3)o2)c1.